The first-order valence-corrected chi connectivity index (χ1v) is 6.25. The third kappa shape index (κ3) is 2.09. The summed E-state index contributed by atoms with van der Waals surface area (Å²) in [4.78, 5) is 16.6. The van der Waals surface area contributed by atoms with Crippen LogP contribution in [0.3, 0.4) is 0 Å². The molecule has 1 unspecified atom stereocenters. The fraction of sp³-hybridized carbons (Fsp3) is 0.917. The maximum atomic E-state index is 12.4. The van der Waals surface area contributed by atoms with Gasteiger partial charge >= 0.3 is 0 Å². The number of likely N-dealkylation sites (N-methyl/N-ethyl adjacent to an activating group) is 1. The number of nitrogens with zero attached hydrogens (tertiary/aromatic N) is 2. The van der Waals surface area contributed by atoms with Crippen molar-refractivity contribution in [1.29, 1.82) is 0 Å². The Balaban J connectivity index is 2.00. The Morgan fingerprint density at radius 1 is 1.50 bits per heavy atom. The van der Waals surface area contributed by atoms with Crippen molar-refractivity contribution in [3.8, 4) is 0 Å². The molecule has 2 aliphatic rings. The number of amides is 1. The van der Waals surface area contributed by atoms with Crippen LogP contribution in [-0.2, 0) is 4.79 Å². The maximum Gasteiger partial charge on any atom is 0.230 e. The number of rotatable bonds is 4. The summed E-state index contributed by atoms with van der Waals surface area (Å²) in [6, 6.07) is 0.409. The van der Waals surface area contributed by atoms with E-state index in [9.17, 15) is 4.79 Å². The smallest absolute Gasteiger partial charge is 0.230 e. The van der Waals surface area contributed by atoms with E-state index in [1.165, 1.54) is 0 Å². The zero-order valence-corrected chi connectivity index (χ0v) is 10.4. The Morgan fingerprint density at radius 2 is 2.19 bits per heavy atom. The van der Waals surface area contributed by atoms with Gasteiger partial charge in [-0.05, 0) is 39.8 Å². The largest absolute Gasteiger partial charge is 0.338 e. The zero-order valence-electron chi connectivity index (χ0n) is 10.4. The van der Waals surface area contributed by atoms with Crippen molar-refractivity contribution in [2.75, 3.05) is 33.7 Å². The number of hydrogen-bond acceptors (Lipinski definition) is 3. The minimum absolute atomic E-state index is 0.172. The van der Waals surface area contributed by atoms with E-state index in [1.54, 1.807) is 0 Å². The number of likely N-dealkylation sites (tertiary alicyclic amines) is 1. The van der Waals surface area contributed by atoms with Crippen molar-refractivity contribution >= 4 is 5.91 Å². The molecule has 0 aromatic rings. The van der Waals surface area contributed by atoms with E-state index in [-0.39, 0.29) is 5.41 Å². The second-order valence-corrected chi connectivity index (χ2v) is 5.54. The summed E-state index contributed by atoms with van der Waals surface area (Å²) in [5.74, 6) is 0.319. The predicted octanol–water partition coefficient (Wildman–Crippen LogP) is 0.278. The van der Waals surface area contributed by atoms with Crippen LogP contribution in [-0.4, -0.2) is 55.5 Å². The lowest BCUT2D eigenvalue weighted by Gasteiger charge is -2.30. The van der Waals surface area contributed by atoms with Gasteiger partial charge in [0.05, 0.1) is 5.41 Å². The minimum atomic E-state index is -0.172. The molecule has 92 valence electrons. The number of carbonyl (C=O) groups excluding carboxylic acids is 1. The maximum absolute atomic E-state index is 12.4. The molecule has 1 saturated carbocycles. The van der Waals surface area contributed by atoms with Crippen molar-refractivity contribution in [3.63, 3.8) is 0 Å². The van der Waals surface area contributed by atoms with Gasteiger partial charge in [0.15, 0.2) is 0 Å². The summed E-state index contributed by atoms with van der Waals surface area (Å²) in [5.41, 5.74) is 5.55. The quantitative estimate of drug-likeness (QED) is 0.747. The highest BCUT2D eigenvalue weighted by atomic mass is 16.2. The van der Waals surface area contributed by atoms with Crippen LogP contribution in [0.15, 0.2) is 0 Å². The Hall–Kier alpha value is -0.610. The molecule has 2 fully saturated rings. The van der Waals surface area contributed by atoms with E-state index in [2.05, 4.69) is 23.9 Å². The summed E-state index contributed by atoms with van der Waals surface area (Å²) >= 11 is 0. The van der Waals surface area contributed by atoms with Crippen molar-refractivity contribution < 1.29 is 4.79 Å². The second kappa shape index (κ2) is 4.34. The molecule has 1 aliphatic heterocycles. The highest BCUT2D eigenvalue weighted by molar-refractivity contribution is 5.86. The lowest BCUT2D eigenvalue weighted by atomic mass is 10.1. The third-order valence-corrected chi connectivity index (χ3v) is 3.91. The lowest BCUT2D eigenvalue weighted by Crippen LogP contribution is -2.46. The molecule has 4 heteroatoms. The first-order valence-electron chi connectivity index (χ1n) is 6.25. The van der Waals surface area contributed by atoms with Crippen LogP contribution >= 0.6 is 0 Å². The van der Waals surface area contributed by atoms with Gasteiger partial charge in [-0.3, -0.25) is 4.79 Å². The van der Waals surface area contributed by atoms with Gasteiger partial charge in [0, 0.05) is 25.7 Å². The van der Waals surface area contributed by atoms with Gasteiger partial charge in [-0.2, -0.15) is 0 Å². The van der Waals surface area contributed by atoms with E-state index in [4.69, 9.17) is 5.73 Å². The highest BCUT2D eigenvalue weighted by Gasteiger charge is 2.52. The van der Waals surface area contributed by atoms with Crippen LogP contribution in [0.4, 0.5) is 0 Å². The van der Waals surface area contributed by atoms with E-state index in [0.717, 1.165) is 38.8 Å². The SMILES string of the molecule is CN(C)CC1CCCN1C(=O)C1(CN)CC1. The van der Waals surface area contributed by atoms with Crippen molar-refractivity contribution in [2.24, 2.45) is 11.1 Å². The van der Waals surface area contributed by atoms with Crippen LogP contribution in [0, 0.1) is 5.41 Å². The zero-order chi connectivity index (χ0) is 11.8. The minimum Gasteiger partial charge on any atom is -0.338 e. The molecule has 1 atom stereocenters. The van der Waals surface area contributed by atoms with Gasteiger partial charge < -0.3 is 15.5 Å². The predicted molar refractivity (Wildman–Crippen MR) is 64.0 cm³/mol. The Bertz CT molecular complexity index is 273. The molecule has 2 N–H and O–H groups in total. The molecule has 1 saturated heterocycles. The Kier molecular flexibility index (Phi) is 3.22. The molecule has 16 heavy (non-hydrogen) atoms. The van der Waals surface area contributed by atoms with Crippen LogP contribution in [0.25, 0.3) is 0 Å². The second-order valence-electron chi connectivity index (χ2n) is 5.54. The summed E-state index contributed by atoms with van der Waals surface area (Å²) < 4.78 is 0. The monoisotopic (exact) mass is 225 g/mol. The van der Waals surface area contributed by atoms with Crippen LogP contribution < -0.4 is 5.73 Å². The first-order chi connectivity index (χ1) is 7.59. The van der Waals surface area contributed by atoms with Gasteiger partial charge in [0.1, 0.15) is 0 Å². The third-order valence-electron chi connectivity index (χ3n) is 3.91. The average molecular weight is 225 g/mol. The van der Waals surface area contributed by atoms with Crippen LogP contribution in [0.2, 0.25) is 0 Å². The molecular formula is C12H23N3O. The lowest BCUT2D eigenvalue weighted by molar-refractivity contribution is -0.137. The molecule has 0 radical (unpaired) electrons. The van der Waals surface area contributed by atoms with Gasteiger partial charge in [0.25, 0.3) is 0 Å². The van der Waals surface area contributed by atoms with Gasteiger partial charge in [-0.25, -0.2) is 0 Å². The summed E-state index contributed by atoms with van der Waals surface area (Å²) in [6.07, 6.45) is 4.27. The molecule has 1 aliphatic carbocycles. The van der Waals surface area contributed by atoms with Crippen molar-refractivity contribution in [1.82, 2.24) is 9.80 Å². The van der Waals surface area contributed by atoms with Crippen LogP contribution in [0.5, 0.6) is 0 Å². The molecule has 4 nitrogen and oxygen atoms in total. The fourth-order valence-corrected chi connectivity index (χ4v) is 2.68. The van der Waals surface area contributed by atoms with E-state index in [0.29, 0.717) is 18.5 Å². The van der Waals surface area contributed by atoms with E-state index in [1.807, 2.05) is 0 Å². The molecule has 1 amide bonds. The number of carbonyl (C=O) groups is 1. The molecule has 0 bridgehead atoms. The van der Waals surface area contributed by atoms with Crippen molar-refractivity contribution in [3.05, 3.63) is 0 Å². The topological polar surface area (TPSA) is 49.6 Å². The normalized spacial score (nSPS) is 27.5. The summed E-state index contributed by atoms with van der Waals surface area (Å²) in [7, 11) is 4.13. The molecule has 1 heterocycles. The van der Waals surface area contributed by atoms with E-state index >= 15 is 0 Å². The molecule has 2 rings (SSSR count). The molecule has 0 aromatic carbocycles. The fourth-order valence-electron chi connectivity index (χ4n) is 2.68. The average Bonchev–Trinajstić information content (AvgIpc) is 2.92. The van der Waals surface area contributed by atoms with Gasteiger partial charge in [-0.1, -0.05) is 0 Å². The Labute approximate surface area is 97.8 Å². The standard InChI is InChI=1S/C12H23N3O/c1-14(2)8-10-4-3-7-15(10)11(16)12(9-13)5-6-12/h10H,3-9,13H2,1-2H3. The molecular weight excluding hydrogens is 202 g/mol. The van der Waals surface area contributed by atoms with Crippen LogP contribution in [0.1, 0.15) is 25.7 Å². The van der Waals surface area contributed by atoms with Gasteiger partial charge in [0.2, 0.25) is 5.91 Å². The molecule has 0 spiro atoms. The summed E-state index contributed by atoms with van der Waals surface area (Å²) in [5, 5.41) is 0. The van der Waals surface area contributed by atoms with E-state index < -0.39 is 0 Å². The van der Waals surface area contributed by atoms with Crippen molar-refractivity contribution in [2.45, 2.75) is 31.7 Å². The molecule has 0 aromatic heterocycles. The Morgan fingerprint density at radius 3 is 2.69 bits per heavy atom. The number of nitrogens with two attached hydrogens (primary N) is 1. The summed E-state index contributed by atoms with van der Waals surface area (Å²) in [6.45, 7) is 2.43. The first kappa shape index (κ1) is 11.9. The number of hydrogen-bond donors (Lipinski definition) is 1. The highest BCUT2D eigenvalue weighted by Crippen LogP contribution is 2.47. The van der Waals surface area contributed by atoms with Gasteiger partial charge in [-0.15, -0.1) is 0 Å².